The quantitative estimate of drug-likeness (QED) is 0.366. The maximum Gasteiger partial charge on any atom is 0.414 e. The number of carboxylic acids is 2. The number of rotatable bonds is 8. The first-order chi connectivity index (χ1) is 17.4. The van der Waals surface area contributed by atoms with E-state index < -0.39 is 11.9 Å². The highest BCUT2D eigenvalue weighted by atomic mass is 16.5. The van der Waals surface area contributed by atoms with E-state index in [1.165, 1.54) is 5.56 Å². The zero-order chi connectivity index (χ0) is 25.8. The summed E-state index contributed by atoms with van der Waals surface area (Å²) in [7, 11) is 0. The summed E-state index contributed by atoms with van der Waals surface area (Å²) in [5.41, 5.74) is 2.77. The first-order valence-corrected chi connectivity index (χ1v) is 11.7. The number of piperazine rings is 1. The molecule has 0 atom stereocenters. The Morgan fingerprint density at radius 2 is 1.17 bits per heavy atom. The number of ketones is 1. The van der Waals surface area contributed by atoms with Gasteiger partial charge in [-0.25, -0.2) is 9.59 Å². The van der Waals surface area contributed by atoms with Gasteiger partial charge in [-0.3, -0.25) is 14.6 Å². The van der Waals surface area contributed by atoms with Crippen LogP contribution in [0.3, 0.4) is 0 Å². The van der Waals surface area contributed by atoms with Crippen LogP contribution in [0.15, 0.2) is 84.9 Å². The average Bonchev–Trinajstić information content (AvgIpc) is 2.91. The number of ether oxygens (including phenoxy) is 1. The van der Waals surface area contributed by atoms with Crippen molar-refractivity contribution < 1.29 is 29.3 Å². The molecule has 1 heterocycles. The molecule has 0 amide bonds. The van der Waals surface area contributed by atoms with Gasteiger partial charge in [0.1, 0.15) is 12.4 Å². The molecule has 0 aliphatic carbocycles. The van der Waals surface area contributed by atoms with Crippen LogP contribution in [0.5, 0.6) is 5.75 Å². The van der Waals surface area contributed by atoms with E-state index in [1.54, 1.807) is 0 Å². The second-order valence-electron chi connectivity index (χ2n) is 8.28. The van der Waals surface area contributed by atoms with Crippen LogP contribution in [0.25, 0.3) is 0 Å². The molecule has 1 aliphatic heterocycles. The Labute approximate surface area is 210 Å². The fourth-order valence-corrected chi connectivity index (χ4v) is 3.76. The van der Waals surface area contributed by atoms with Crippen molar-refractivity contribution in [2.24, 2.45) is 0 Å². The highest BCUT2D eigenvalue weighted by Crippen LogP contribution is 2.16. The van der Waals surface area contributed by atoms with Gasteiger partial charge in [0.25, 0.3) is 0 Å². The van der Waals surface area contributed by atoms with Gasteiger partial charge in [-0.05, 0) is 29.8 Å². The molecule has 36 heavy (non-hydrogen) atoms. The topological polar surface area (TPSA) is 107 Å². The van der Waals surface area contributed by atoms with Gasteiger partial charge in [-0.2, -0.15) is 0 Å². The highest BCUT2D eigenvalue weighted by molar-refractivity contribution is 6.27. The van der Waals surface area contributed by atoms with E-state index in [2.05, 4.69) is 40.1 Å². The molecule has 2 N–H and O–H groups in total. The fourth-order valence-electron chi connectivity index (χ4n) is 3.76. The third-order valence-electron chi connectivity index (χ3n) is 5.73. The summed E-state index contributed by atoms with van der Waals surface area (Å²) in [6.45, 7) is 6.92. The molecule has 0 bridgehead atoms. The van der Waals surface area contributed by atoms with Crippen LogP contribution >= 0.6 is 0 Å². The Balaban J connectivity index is 0.000000538. The number of hydrogen-bond donors (Lipinski definition) is 2. The van der Waals surface area contributed by atoms with E-state index in [1.807, 2.05) is 54.6 Å². The molecular formula is C28H30N2O6. The summed E-state index contributed by atoms with van der Waals surface area (Å²) in [5, 5.41) is 14.8. The van der Waals surface area contributed by atoms with E-state index >= 15 is 0 Å². The molecule has 0 radical (unpaired) electrons. The molecule has 188 valence electrons. The average molecular weight is 491 g/mol. The van der Waals surface area contributed by atoms with Crippen molar-refractivity contribution in [2.75, 3.05) is 39.3 Å². The first-order valence-electron chi connectivity index (χ1n) is 11.7. The van der Waals surface area contributed by atoms with Gasteiger partial charge >= 0.3 is 11.9 Å². The number of carbonyl (C=O) groups is 3. The Kier molecular flexibility index (Phi) is 10.2. The van der Waals surface area contributed by atoms with Gasteiger partial charge in [-0.15, -0.1) is 0 Å². The van der Waals surface area contributed by atoms with Crippen LogP contribution in [-0.2, 0) is 16.1 Å². The number of hydrogen-bond acceptors (Lipinski definition) is 6. The number of carbonyl (C=O) groups excluding carboxylic acids is 1. The smallest absolute Gasteiger partial charge is 0.414 e. The molecule has 3 aromatic carbocycles. The van der Waals surface area contributed by atoms with Gasteiger partial charge in [0.05, 0.1) is 0 Å². The molecule has 0 aromatic heterocycles. The van der Waals surface area contributed by atoms with Crippen molar-refractivity contribution in [2.45, 2.75) is 6.54 Å². The number of aliphatic carboxylic acids is 2. The van der Waals surface area contributed by atoms with Gasteiger partial charge in [0.15, 0.2) is 5.78 Å². The lowest BCUT2D eigenvalue weighted by atomic mass is 10.0. The number of carboxylic acid groups (broad SMARTS) is 2. The predicted molar refractivity (Wildman–Crippen MR) is 135 cm³/mol. The number of nitrogens with zero attached hydrogens (tertiary/aromatic N) is 2. The molecule has 3 aromatic rings. The third-order valence-corrected chi connectivity index (χ3v) is 5.73. The first kappa shape index (κ1) is 26.6. The number of benzene rings is 3. The minimum atomic E-state index is -1.82. The molecule has 1 aliphatic rings. The lowest BCUT2D eigenvalue weighted by molar-refractivity contribution is -0.159. The summed E-state index contributed by atoms with van der Waals surface area (Å²) in [5.74, 6) is -2.80. The Hall–Kier alpha value is -4.01. The fraction of sp³-hybridized carbons (Fsp3) is 0.250. The van der Waals surface area contributed by atoms with Gasteiger partial charge in [0.2, 0.25) is 0 Å². The predicted octanol–water partition coefficient (Wildman–Crippen LogP) is 3.27. The lowest BCUT2D eigenvalue weighted by Crippen LogP contribution is -2.47. The standard InChI is InChI=1S/C26H28N2O2.C2H2O4/c29-26(23-9-5-2-6-10-23)24-11-13-25(14-12-24)30-20-19-27-15-17-28(18-16-27)21-22-7-3-1-4-8-22;3-1(4)2(5)6/h1-14H,15-21H2;(H,3,4)(H,5,6). The minimum Gasteiger partial charge on any atom is -0.492 e. The van der Waals surface area contributed by atoms with Gasteiger partial charge in [-0.1, -0.05) is 60.7 Å². The van der Waals surface area contributed by atoms with Gasteiger partial charge < -0.3 is 14.9 Å². The Morgan fingerprint density at radius 3 is 1.72 bits per heavy atom. The normalized spacial score (nSPS) is 13.8. The van der Waals surface area contributed by atoms with E-state index in [0.29, 0.717) is 17.7 Å². The molecule has 0 saturated carbocycles. The van der Waals surface area contributed by atoms with E-state index in [-0.39, 0.29) is 5.78 Å². The molecule has 8 heteroatoms. The van der Waals surface area contributed by atoms with Crippen LogP contribution in [0, 0.1) is 0 Å². The lowest BCUT2D eigenvalue weighted by Gasteiger charge is -2.34. The van der Waals surface area contributed by atoms with Crippen molar-refractivity contribution in [3.05, 3.63) is 102 Å². The summed E-state index contributed by atoms with van der Waals surface area (Å²) in [4.78, 5) is 35.6. The largest absolute Gasteiger partial charge is 0.492 e. The van der Waals surface area contributed by atoms with E-state index in [9.17, 15) is 4.79 Å². The van der Waals surface area contributed by atoms with Crippen molar-refractivity contribution in [3.8, 4) is 5.75 Å². The molecule has 4 rings (SSSR count). The van der Waals surface area contributed by atoms with Crippen molar-refractivity contribution >= 4 is 17.7 Å². The van der Waals surface area contributed by atoms with Crippen molar-refractivity contribution in [1.82, 2.24) is 9.80 Å². The van der Waals surface area contributed by atoms with Crippen LogP contribution < -0.4 is 4.74 Å². The second-order valence-corrected chi connectivity index (χ2v) is 8.28. The molecule has 0 spiro atoms. The van der Waals surface area contributed by atoms with Crippen LogP contribution in [0.4, 0.5) is 0 Å². The van der Waals surface area contributed by atoms with Crippen LogP contribution in [0.2, 0.25) is 0 Å². The van der Waals surface area contributed by atoms with Crippen LogP contribution in [0.1, 0.15) is 21.5 Å². The van der Waals surface area contributed by atoms with Crippen molar-refractivity contribution in [1.29, 1.82) is 0 Å². The second kappa shape index (κ2) is 13.8. The van der Waals surface area contributed by atoms with Gasteiger partial charge in [0, 0.05) is 50.4 Å². The Bertz CT molecular complexity index is 1100. The summed E-state index contributed by atoms with van der Waals surface area (Å²) >= 11 is 0. The summed E-state index contributed by atoms with van der Waals surface area (Å²) in [6.07, 6.45) is 0. The zero-order valence-electron chi connectivity index (χ0n) is 20.0. The molecule has 0 unspecified atom stereocenters. The maximum atomic E-state index is 12.5. The SMILES string of the molecule is O=C(O)C(=O)O.O=C(c1ccccc1)c1ccc(OCCN2CCN(Cc3ccccc3)CC2)cc1. The monoisotopic (exact) mass is 490 g/mol. The summed E-state index contributed by atoms with van der Waals surface area (Å²) in [6, 6.07) is 27.5. The van der Waals surface area contributed by atoms with E-state index in [4.69, 9.17) is 24.5 Å². The summed E-state index contributed by atoms with van der Waals surface area (Å²) < 4.78 is 5.91. The zero-order valence-corrected chi connectivity index (χ0v) is 20.0. The van der Waals surface area contributed by atoms with E-state index in [0.717, 1.165) is 45.0 Å². The third kappa shape index (κ3) is 8.65. The van der Waals surface area contributed by atoms with Crippen LogP contribution in [-0.4, -0.2) is 77.1 Å². The maximum absolute atomic E-state index is 12.5. The molecule has 1 saturated heterocycles. The van der Waals surface area contributed by atoms with Crippen molar-refractivity contribution in [3.63, 3.8) is 0 Å². The Morgan fingerprint density at radius 1 is 0.667 bits per heavy atom. The minimum absolute atomic E-state index is 0.0375. The molecular weight excluding hydrogens is 460 g/mol. The molecule has 8 nitrogen and oxygen atoms in total. The highest BCUT2D eigenvalue weighted by Gasteiger charge is 2.16. The molecule has 1 fully saturated rings.